The summed E-state index contributed by atoms with van der Waals surface area (Å²) in [6, 6.07) is 2.27. The lowest BCUT2D eigenvalue weighted by atomic mass is 10.0. The van der Waals surface area contributed by atoms with Gasteiger partial charge in [0.1, 0.15) is 5.82 Å². The van der Waals surface area contributed by atoms with Crippen LogP contribution in [0.4, 0.5) is 10.1 Å². The van der Waals surface area contributed by atoms with Gasteiger partial charge in [0.2, 0.25) is 10.0 Å². The van der Waals surface area contributed by atoms with Crippen molar-refractivity contribution in [1.29, 1.82) is 0 Å². The normalized spacial score (nSPS) is 15.1. The van der Waals surface area contributed by atoms with Gasteiger partial charge in [-0.2, -0.15) is 0 Å². The van der Waals surface area contributed by atoms with E-state index < -0.39 is 21.4 Å². The van der Waals surface area contributed by atoms with Crippen LogP contribution in [0.15, 0.2) is 17.0 Å². The Morgan fingerprint density at radius 1 is 1.45 bits per heavy atom. The Bertz CT molecular complexity index is 586. The number of rotatable bonds is 6. The van der Waals surface area contributed by atoms with E-state index in [-0.39, 0.29) is 22.7 Å². The highest BCUT2D eigenvalue weighted by atomic mass is 32.2. The van der Waals surface area contributed by atoms with Gasteiger partial charge in [0, 0.05) is 17.8 Å². The molecule has 0 saturated carbocycles. The SMILES string of the molecule is CCCC(C)(O)CNS(=O)(=O)c1cc(N)cc(F)c1C. The first-order valence-electron chi connectivity index (χ1n) is 6.37. The maximum Gasteiger partial charge on any atom is 0.241 e. The van der Waals surface area contributed by atoms with E-state index in [2.05, 4.69) is 4.72 Å². The van der Waals surface area contributed by atoms with Crippen molar-refractivity contribution in [3.8, 4) is 0 Å². The molecule has 1 aromatic rings. The molecule has 0 fully saturated rings. The Morgan fingerprint density at radius 2 is 2.05 bits per heavy atom. The summed E-state index contributed by atoms with van der Waals surface area (Å²) in [4.78, 5) is -0.206. The van der Waals surface area contributed by atoms with Crippen LogP contribution in [-0.4, -0.2) is 25.7 Å². The van der Waals surface area contributed by atoms with Crippen LogP contribution in [0.3, 0.4) is 0 Å². The standard InChI is InChI=1S/C13H21FN2O3S/c1-4-5-13(3,17)8-16-20(18,19)12-7-10(15)6-11(14)9(12)2/h6-7,16-17H,4-5,8,15H2,1-3H3. The minimum absolute atomic E-state index is 0.00170. The molecule has 0 aliphatic carbocycles. The molecule has 1 atom stereocenters. The summed E-state index contributed by atoms with van der Waals surface area (Å²) in [5, 5.41) is 9.98. The topological polar surface area (TPSA) is 92.4 Å². The van der Waals surface area contributed by atoms with Crippen molar-refractivity contribution >= 4 is 15.7 Å². The van der Waals surface area contributed by atoms with E-state index in [4.69, 9.17) is 5.73 Å². The van der Waals surface area contributed by atoms with Crippen molar-refractivity contribution in [3.05, 3.63) is 23.5 Å². The average molecular weight is 304 g/mol. The zero-order chi connectivity index (χ0) is 15.6. The van der Waals surface area contributed by atoms with Gasteiger partial charge in [-0.1, -0.05) is 13.3 Å². The van der Waals surface area contributed by atoms with E-state index in [0.717, 1.165) is 12.5 Å². The number of nitrogens with two attached hydrogens (primary N) is 1. The van der Waals surface area contributed by atoms with E-state index in [0.29, 0.717) is 6.42 Å². The van der Waals surface area contributed by atoms with Gasteiger partial charge in [-0.05, 0) is 32.4 Å². The largest absolute Gasteiger partial charge is 0.399 e. The molecule has 0 heterocycles. The van der Waals surface area contributed by atoms with Crippen molar-refractivity contribution in [1.82, 2.24) is 4.72 Å². The van der Waals surface area contributed by atoms with Gasteiger partial charge in [-0.25, -0.2) is 17.5 Å². The first kappa shape index (κ1) is 16.9. The minimum atomic E-state index is -3.92. The summed E-state index contributed by atoms with van der Waals surface area (Å²) in [6.07, 6.45) is 1.18. The third kappa shape index (κ3) is 4.16. The number of sulfonamides is 1. The predicted octanol–water partition coefficient (Wildman–Crippen LogP) is 1.55. The monoisotopic (exact) mass is 304 g/mol. The molecule has 0 aliphatic rings. The molecule has 0 saturated heterocycles. The lowest BCUT2D eigenvalue weighted by Crippen LogP contribution is -2.40. The first-order chi connectivity index (χ1) is 9.09. The van der Waals surface area contributed by atoms with Crippen molar-refractivity contribution in [3.63, 3.8) is 0 Å². The molecule has 0 amide bonds. The molecule has 0 spiro atoms. The number of nitrogen functional groups attached to an aromatic ring is 1. The van der Waals surface area contributed by atoms with Crippen molar-refractivity contribution in [2.45, 2.75) is 44.1 Å². The zero-order valence-corrected chi connectivity index (χ0v) is 12.7. The predicted molar refractivity (Wildman–Crippen MR) is 76.3 cm³/mol. The molecule has 1 rings (SSSR count). The second-order valence-electron chi connectivity index (χ2n) is 5.20. The maximum absolute atomic E-state index is 13.5. The summed E-state index contributed by atoms with van der Waals surface area (Å²) in [5.74, 6) is -0.675. The highest BCUT2D eigenvalue weighted by Crippen LogP contribution is 2.22. The Hall–Kier alpha value is -1.18. The first-order valence-corrected chi connectivity index (χ1v) is 7.85. The van der Waals surface area contributed by atoms with Crippen molar-refractivity contribution in [2.75, 3.05) is 12.3 Å². The van der Waals surface area contributed by atoms with Crippen LogP contribution >= 0.6 is 0 Å². The Morgan fingerprint density at radius 3 is 2.60 bits per heavy atom. The Kier molecular flexibility index (Phi) is 5.12. The summed E-state index contributed by atoms with van der Waals surface area (Å²) < 4.78 is 40.2. The quantitative estimate of drug-likeness (QED) is 0.695. The number of hydrogen-bond donors (Lipinski definition) is 3. The van der Waals surface area contributed by atoms with Gasteiger partial charge in [0.25, 0.3) is 0 Å². The smallest absolute Gasteiger partial charge is 0.241 e. The molecular weight excluding hydrogens is 283 g/mol. The molecule has 0 bridgehead atoms. The summed E-state index contributed by atoms with van der Waals surface area (Å²) in [7, 11) is -3.92. The Labute approximate surface area is 119 Å². The number of nitrogens with one attached hydrogen (secondary N) is 1. The summed E-state index contributed by atoms with van der Waals surface area (Å²) >= 11 is 0. The third-order valence-electron chi connectivity index (χ3n) is 3.04. The van der Waals surface area contributed by atoms with Gasteiger partial charge in [-0.15, -0.1) is 0 Å². The second-order valence-corrected chi connectivity index (χ2v) is 6.93. The highest BCUT2D eigenvalue weighted by molar-refractivity contribution is 7.89. The van der Waals surface area contributed by atoms with Crippen LogP contribution in [-0.2, 0) is 10.0 Å². The lowest BCUT2D eigenvalue weighted by molar-refractivity contribution is 0.0554. The Balaban J connectivity index is 3.01. The molecule has 4 N–H and O–H groups in total. The van der Waals surface area contributed by atoms with E-state index >= 15 is 0 Å². The van der Waals surface area contributed by atoms with Gasteiger partial charge < -0.3 is 10.8 Å². The van der Waals surface area contributed by atoms with Crippen LogP contribution < -0.4 is 10.5 Å². The molecule has 0 radical (unpaired) electrons. The van der Waals surface area contributed by atoms with Crippen LogP contribution in [0.2, 0.25) is 0 Å². The number of benzene rings is 1. The van der Waals surface area contributed by atoms with Gasteiger partial charge in [0.05, 0.1) is 10.5 Å². The lowest BCUT2D eigenvalue weighted by Gasteiger charge is -2.23. The molecule has 1 unspecified atom stereocenters. The molecule has 1 aromatic carbocycles. The highest BCUT2D eigenvalue weighted by Gasteiger charge is 2.25. The van der Waals surface area contributed by atoms with Gasteiger partial charge >= 0.3 is 0 Å². The molecule has 7 heteroatoms. The van der Waals surface area contributed by atoms with Gasteiger partial charge in [0.15, 0.2) is 0 Å². The molecule has 0 aromatic heterocycles. The molecule has 20 heavy (non-hydrogen) atoms. The number of aliphatic hydroxyl groups is 1. The molecular formula is C13H21FN2O3S. The van der Waals surface area contributed by atoms with Crippen LogP contribution in [0.25, 0.3) is 0 Å². The third-order valence-corrected chi connectivity index (χ3v) is 4.57. The van der Waals surface area contributed by atoms with E-state index in [1.807, 2.05) is 6.92 Å². The summed E-state index contributed by atoms with van der Waals surface area (Å²) in [5.41, 5.74) is 4.37. The fraction of sp³-hybridized carbons (Fsp3) is 0.538. The van der Waals surface area contributed by atoms with E-state index in [9.17, 15) is 17.9 Å². The average Bonchev–Trinajstić information content (AvgIpc) is 2.31. The van der Waals surface area contributed by atoms with Crippen LogP contribution in [0.1, 0.15) is 32.3 Å². The van der Waals surface area contributed by atoms with Crippen molar-refractivity contribution < 1.29 is 17.9 Å². The van der Waals surface area contributed by atoms with Crippen LogP contribution in [0.5, 0.6) is 0 Å². The molecule has 114 valence electrons. The van der Waals surface area contributed by atoms with Gasteiger partial charge in [-0.3, -0.25) is 0 Å². The molecule has 0 aliphatic heterocycles. The molecule has 5 nitrogen and oxygen atoms in total. The minimum Gasteiger partial charge on any atom is -0.399 e. The number of halogens is 1. The van der Waals surface area contributed by atoms with E-state index in [1.54, 1.807) is 6.92 Å². The number of hydrogen-bond acceptors (Lipinski definition) is 4. The van der Waals surface area contributed by atoms with Crippen LogP contribution in [0, 0.1) is 12.7 Å². The zero-order valence-electron chi connectivity index (χ0n) is 11.9. The summed E-state index contributed by atoms with van der Waals surface area (Å²) in [6.45, 7) is 4.67. The van der Waals surface area contributed by atoms with E-state index in [1.165, 1.54) is 13.0 Å². The maximum atomic E-state index is 13.5. The fourth-order valence-electron chi connectivity index (χ4n) is 1.91. The number of anilines is 1. The second kappa shape index (κ2) is 6.07. The van der Waals surface area contributed by atoms with Crippen molar-refractivity contribution in [2.24, 2.45) is 0 Å². The fourth-order valence-corrected chi connectivity index (χ4v) is 3.36.